The van der Waals surface area contributed by atoms with Crippen LogP contribution in [0.1, 0.15) is 32.0 Å². The van der Waals surface area contributed by atoms with Crippen molar-refractivity contribution in [3.8, 4) is 5.75 Å². The van der Waals surface area contributed by atoms with E-state index in [1.54, 1.807) is 28.9 Å². The van der Waals surface area contributed by atoms with Crippen LogP contribution in [-0.2, 0) is 6.54 Å². The standard InChI is InChI=1S/C23H18N4O3/c1-14-19-20-16(12-24-21(19)26(25-14)13-15-8-4-3-5-9-15)22(28)27(23(20)29)17-10-6-7-11-18(17)30-2/h3-12H,13H2,1-2H3. The van der Waals surface area contributed by atoms with Gasteiger partial charge in [0.25, 0.3) is 11.8 Å². The normalized spacial score (nSPS) is 13.2. The molecule has 0 radical (unpaired) electrons. The van der Waals surface area contributed by atoms with Gasteiger partial charge in [0, 0.05) is 6.20 Å². The highest BCUT2D eigenvalue weighted by molar-refractivity contribution is 6.37. The number of para-hydroxylation sites is 2. The number of ether oxygens (including phenoxy) is 1. The summed E-state index contributed by atoms with van der Waals surface area (Å²) in [6.07, 6.45) is 1.47. The smallest absolute Gasteiger partial charge is 0.267 e. The topological polar surface area (TPSA) is 77.3 Å². The molecule has 0 unspecified atom stereocenters. The molecule has 0 atom stereocenters. The lowest BCUT2D eigenvalue weighted by Gasteiger charge is -2.16. The molecule has 3 heterocycles. The van der Waals surface area contributed by atoms with Crippen molar-refractivity contribution in [3.63, 3.8) is 0 Å². The van der Waals surface area contributed by atoms with E-state index >= 15 is 0 Å². The zero-order valence-corrected chi connectivity index (χ0v) is 16.5. The molecule has 30 heavy (non-hydrogen) atoms. The van der Waals surface area contributed by atoms with E-state index < -0.39 is 11.8 Å². The van der Waals surface area contributed by atoms with E-state index in [9.17, 15) is 9.59 Å². The molecule has 0 saturated carbocycles. The van der Waals surface area contributed by atoms with Crippen molar-refractivity contribution in [1.82, 2.24) is 14.8 Å². The lowest BCUT2D eigenvalue weighted by Crippen LogP contribution is -2.29. The molecular formula is C23H18N4O3. The molecule has 0 saturated heterocycles. The molecular weight excluding hydrogens is 380 g/mol. The number of carbonyl (C=O) groups is 2. The van der Waals surface area contributed by atoms with Crippen molar-refractivity contribution in [2.75, 3.05) is 12.0 Å². The first-order chi connectivity index (χ1) is 14.6. The summed E-state index contributed by atoms with van der Waals surface area (Å²) in [6, 6.07) is 16.9. The second-order valence-electron chi connectivity index (χ2n) is 7.09. The van der Waals surface area contributed by atoms with Crippen LogP contribution in [0, 0.1) is 6.92 Å². The Morgan fingerprint density at radius 2 is 1.70 bits per heavy atom. The first-order valence-electron chi connectivity index (χ1n) is 9.52. The Balaban J connectivity index is 1.65. The number of carbonyl (C=O) groups excluding carboxylic acids is 2. The van der Waals surface area contributed by atoms with E-state index in [0.29, 0.717) is 40.3 Å². The molecule has 0 N–H and O–H groups in total. The van der Waals surface area contributed by atoms with Gasteiger partial charge in [0.05, 0.1) is 41.5 Å². The fourth-order valence-electron chi connectivity index (χ4n) is 3.93. The number of hydrogen-bond acceptors (Lipinski definition) is 5. The van der Waals surface area contributed by atoms with Gasteiger partial charge in [-0.15, -0.1) is 0 Å². The predicted molar refractivity (Wildman–Crippen MR) is 112 cm³/mol. The number of pyridine rings is 1. The van der Waals surface area contributed by atoms with Crippen molar-refractivity contribution in [2.45, 2.75) is 13.5 Å². The van der Waals surface area contributed by atoms with E-state index in [-0.39, 0.29) is 5.56 Å². The SMILES string of the molecule is COc1ccccc1N1C(=O)c2cnc3c(c(C)nn3Cc3ccccc3)c2C1=O. The quantitative estimate of drug-likeness (QED) is 0.491. The van der Waals surface area contributed by atoms with Gasteiger partial charge in [0.1, 0.15) is 5.75 Å². The summed E-state index contributed by atoms with van der Waals surface area (Å²) in [5.41, 5.74) is 3.34. The van der Waals surface area contributed by atoms with Crippen molar-refractivity contribution in [1.29, 1.82) is 0 Å². The van der Waals surface area contributed by atoms with Gasteiger partial charge in [-0.1, -0.05) is 42.5 Å². The molecule has 2 aromatic carbocycles. The maximum Gasteiger partial charge on any atom is 0.267 e. The summed E-state index contributed by atoms with van der Waals surface area (Å²) in [4.78, 5) is 32.2. The number of benzene rings is 2. The Morgan fingerprint density at radius 1 is 0.967 bits per heavy atom. The number of fused-ring (bicyclic) bond motifs is 3. The first kappa shape index (κ1) is 18.1. The van der Waals surface area contributed by atoms with Gasteiger partial charge in [-0.2, -0.15) is 5.10 Å². The fourth-order valence-corrected chi connectivity index (χ4v) is 3.93. The van der Waals surface area contributed by atoms with E-state index in [1.165, 1.54) is 13.3 Å². The number of methoxy groups -OCH3 is 1. The Bertz CT molecular complexity index is 1310. The fraction of sp³-hybridized carbons (Fsp3) is 0.130. The number of anilines is 1. The summed E-state index contributed by atoms with van der Waals surface area (Å²) < 4.78 is 7.12. The number of hydrogen-bond donors (Lipinski definition) is 0. The van der Waals surface area contributed by atoms with E-state index in [4.69, 9.17) is 4.74 Å². The van der Waals surface area contributed by atoms with Crippen LogP contribution in [0.3, 0.4) is 0 Å². The number of imide groups is 1. The Hall–Kier alpha value is -4.00. The zero-order valence-electron chi connectivity index (χ0n) is 16.5. The molecule has 0 aliphatic carbocycles. The van der Waals surface area contributed by atoms with Crippen LogP contribution < -0.4 is 9.64 Å². The van der Waals surface area contributed by atoms with Crippen LogP contribution in [0.4, 0.5) is 5.69 Å². The monoisotopic (exact) mass is 398 g/mol. The number of aromatic nitrogens is 3. The lowest BCUT2D eigenvalue weighted by atomic mass is 10.1. The average molecular weight is 398 g/mol. The minimum Gasteiger partial charge on any atom is -0.495 e. The van der Waals surface area contributed by atoms with Gasteiger partial charge < -0.3 is 4.74 Å². The largest absolute Gasteiger partial charge is 0.495 e. The third kappa shape index (κ3) is 2.59. The molecule has 5 rings (SSSR count). The molecule has 0 bridgehead atoms. The van der Waals surface area contributed by atoms with Crippen LogP contribution in [0.5, 0.6) is 5.75 Å². The van der Waals surface area contributed by atoms with E-state index in [1.807, 2.05) is 37.3 Å². The zero-order chi connectivity index (χ0) is 20.8. The van der Waals surface area contributed by atoms with Crippen molar-refractivity contribution >= 4 is 28.5 Å². The maximum absolute atomic E-state index is 13.4. The van der Waals surface area contributed by atoms with Crippen LogP contribution in [0.2, 0.25) is 0 Å². The molecule has 1 aliphatic rings. The number of aryl methyl sites for hydroxylation is 1. The molecule has 1 aliphatic heterocycles. The van der Waals surface area contributed by atoms with Gasteiger partial charge >= 0.3 is 0 Å². The summed E-state index contributed by atoms with van der Waals surface area (Å²) in [7, 11) is 1.51. The average Bonchev–Trinajstić information content (AvgIpc) is 3.22. The molecule has 148 valence electrons. The number of nitrogens with zero attached hydrogens (tertiary/aromatic N) is 4. The highest BCUT2D eigenvalue weighted by Crippen LogP contribution is 2.37. The third-order valence-corrected chi connectivity index (χ3v) is 5.29. The Labute approximate surface area is 172 Å². The second kappa shape index (κ2) is 6.81. The van der Waals surface area contributed by atoms with Gasteiger partial charge in [-0.05, 0) is 24.6 Å². The first-order valence-corrected chi connectivity index (χ1v) is 9.52. The minimum atomic E-state index is -0.413. The summed E-state index contributed by atoms with van der Waals surface area (Å²) in [5, 5.41) is 5.21. The molecule has 4 aromatic rings. The van der Waals surface area contributed by atoms with Crippen LogP contribution in [-0.4, -0.2) is 33.7 Å². The summed E-state index contributed by atoms with van der Waals surface area (Å²) in [6.45, 7) is 2.35. The minimum absolute atomic E-state index is 0.278. The van der Waals surface area contributed by atoms with Crippen LogP contribution in [0.15, 0.2) is 60.8 Å². The van der Waals surface area contributed by atoms with Gasteiger partial charge in [0.2, 0.25) is 0 Å². The van der Waals surface area contributed by atoms with Crippen molar-refractivity contribution in [2.24, 2.45) is 0 Å². The Morgan fingerprint density at radius 3 is 2.47 bits per heavy atom. The predicted octanol–water partition coefficient (Wildman–Crippen LogP) is 3.60. The molecule has 2 aromatic heterocycles. The van der Waals surface area contributed by atoms with Gasteiger partial charge in [-0.25, -0.2) is 14.6 Å². The Kier molecular flexibility index (Phi) is 4.10. The van der Waals surface area contributed by atoms with Gasteiger partial charge in [0.15, 0.2) is 5.65 Å². The number of amides is 2. The van der Waals surface area contributed by atoms with E-state index in [2.05, 4.69) is 10.1 Å². The number of rotatable bonds is 4. The highest BCUT2D eigenvalue weighted by Gasteiger charge is 2.41. The molecule has 7 heteroatoms. The highest BCUT2D eigenvalue weighted by atomic mass is 16.5. The lowest BCUT2D eigenvalue weighted by molar-refractivity contribution is 0.0925. The molecule has 2 amide bonds. The van der Waals surface area contributed by atoms with Crippen LogP contribution >= 0.6 is 0 Å². The molecule has 0 spiro atoms. The summed E-state index contributed by atoms with van der Waals surface area (Å²) >= 11 is 0. The second-order valence-corrected chi connectivity index (χ2v) is 7.09. The van der Waals surface area contributed by atoms with Crippen LogP contribution in [0.25, 0.3) is 11.0 Å². The van der Waals surface area contributed by atoms with Crippen molar-refractivity contribution in [3.05, 3.63) is 83.2 Å². The maximum atomic E-state index is 13.4. The third-order valence-electron chi connectivity index (χ3n) is 5.29. The van der Waals surface area contributed by atoms with Gasteiger partial charge in [-0.3, -0.25) is 9.59 Å². The molecule has 0 fully saturated rings. The van der Waals surface area contributed by atoms with E-state index in [0.717, 1.165) is 10.5 Å². The summed E-state index contributed by atoms with van der Waals surface area (Å²) in [5.74, 6) is -0.355. The molecule has 7 nitrogen and oxygen atoms in total. The van der Waals surface area contributed by atoms with Crippen molar-refractivity contribution < 1.29 is 14.3 Å².